The van der Waals surface area contributed by atoms with Crippen LogP contribution in [0.25, 0.3) is 66.8 Å². The zero-order chi connectivity index (χ0) is 38.4. The zero-order valence-electron chi connectivity index (χ0n) is 31.8. The van der Waals surface area contributed by atoms with Crippen LogP contribution in [0, 0.1) is 0 Å². The Kier molecular flexibility index (Phi) is 10.1. The molecule has 0 N–H and O–H groups in total. The van der Waals surface area contributed by atoms with Crippen LogP contribution in [0.4, 0.5) is 11.4 Å². The molecule has 0 spiro atoms. The van der Waals surface area contributed by atoms with Gasteiger partial charge in [-0.15, -0.1) is 0 Å². The van der Waals surface area contributed by atoms with Crippen molar-refractivity contribution in [1.29, 1.82) is 0 Å². The van der Waals surface area contributed by atoms with E-state index in [9.17, 15) is 0 Å². The molecule has 4 nitrogen and oxygen atoms in total. The van der Waals surface area contributed by atoms with Crippen molar-refractivity contribution >= 4 is 23.1 Å². The number of benzene rings is 8. The molecule has 4 heteroatoms. The SMILES string of the molecule is CN1CCOC(=N\c2c(-c3ccccc3)cc(-c3ccccc3)cc2-c2ccccc2)/C1=N/c1c(-c2ccccc2)cc(-c2ccccc2)cc1-c1ccccc1. The van der Waals surface area contributed by atoms with Crippen LogP contribution >= 0.6 is 0 Å². The van der Waals surface area contributed by atoms with Crippen LogP contribution in [0.3, 0.4) is 0 Å². The summed E-state index contributed by atoms with van der Waals surface area (Å²) in [5.74, 6) is 1.16. The number of hydrogen-bond acceptors (Lipinski definition) is 3. The molecule has 57 heavy (non-hydrogen) atoms. The third kappa shape index (κ3) is 7.54. The van der Waals surface area contributed by atoms with E-state index in [0.29, 0.717) is 24.9 Å². The van der Waals surface area contributed by atoms with E-state index in [-0.39, 0.29) is 0 Å². The fourth-order valence-electron chi connectivity index (χ4n) is 7.49. The molecule has 0 bridgehead atoms. The summed E-state index contributed by atoms with van der Waals surface area (Å²) in [5, 5.41) is 0. The van der Waals surface area contributed by atoms with Crippen LogP contribution < -0.4 is 0 Å². The number of amidine groups is 1. The molecular formula is C53H41N3O. The largest absolute Gasteiger partial charge is 0.473 e. The molecule has 0 saturated carbocycles. The van der Waals surface area contributed by atoms with Crippen molar-refractivity contribution in [2.75, 3.05) is 20.2 Å². The molecule has 1 aliphatic rings. The highest BCUT2D eigenvalue weighted by Crippen LogP contribution is 2.45. The summed E-state index contributed by atoms with van der Waals surface area (Å²) in [7, 11) is 2.08. The van der Waals surface area contributed by atoms with Crippen LogP contribution in [0.5, 0.6) is 0 Å². The van der Waals surface area contributed by atoms with Crippen LogP contribution in [-0.4, -0.2) is 36.8 Å². The van der Waals surface area contributed by atoms with Crippen molar-refractivity contribution in [3.05, 3.63) is 206 Å². The summed E-state index contributed by atoms with van der Waals surface area (Å²) in [6.45, 7) is 1.16. The molecule has 274 valence electrons. The van der Waals surface area contributed by atoms with Gasteiger partial charge in [-0.25, -0.2) is 9.98 Å². The topological polar surface area (TPSA) is 37.2 Å². The summed E-state index contributed by atoms with van der Waals surface area (Å²) in [6.07, 6.45) is 0. The Hall–Kier alpha value is -7.30. The van der Waals surface area contributed by atoms with Crippen molar-refractivity contribution in [3.8, 4) is 66.8 Å². The number of ether oxygens (including phenoxy) is 1. The molecule has 1 fully saturated rings. The van der Waals surface area contributed by atoms with Gasteiger partial charge in [0.25, 0.3) is 5.90 Å². The van der Waals surface area contributed by atoms with Crippen molar-refractivity contribution in [3.63, 3.8) is 0 Å². The predicted molar refractivity (Wildman–Crippen MR) is 238 cm³/mol. The van der Waals surface area contributed by atoms with E-state index in [1.807, 2.05) is 0 Å². The van der Waals surface area contributed by atoms with Crippen molar-refractivity contribution in [1.82, 2.24) is 4.90 Å². The molecule has 0 unspecified atom stereocenters. The third-order valence-electron chi connectivity index (χ3n) is 10.4. The molecule has 0 aliphatic carbocycles. The lowest BCUT2D eigenvalue weighted by molar-refractivity contribution is 0.252. The number of likely N-dealkylation sites (N-methyl/N-ethyl adjacent to an activating group) is 1. The van der Waals surface area contributed by atoms with Gasteiger partial charge in [-0.05, 0) is 68.8 Å². The van der Waals surface area contributed by atoms with E-state index in [0.717, 1.165) is 78.1 Å². The summed E-state index contributed by atoms with van der Waals surface area (Å²) < 4.78 is 6.60. The lowest BCUT2D eigenvalue weighted by Gasteiger charge is -2.29. The van der Waals surface area contributed by atoms with Gasteiger partial charge in [-0.3, -0.25) is 0 Å². The second-order valence-corrected chi connectivity index (χ2v) is 14.2. The summed E-state index contributed by atoms with van der Waals surface area (Å²) in [4.78, 5) is 13.3. The van der Waals surface area contributed by atoms with Gasteiger partial charge in [0.15, 0.2) is 5.84 Å². The third-order valence-corrected chi connectivity index (χ3v) is 10.4. The highest BCUT2D eigenvalue weighted by molar-refractivity contribution is 6.39. The molecule has 1 heterocycles. The quantitative estimate of drug-likeness (QED) is 0.156. The zero-order valence-corrected chi connectivity index (χ0v) is 31.8. The minimum Gasteiger partial charge on any atom is -0.473 e. The molecule has 0 radical (unpaired) electrons. The number of aliphatic imine (C=N–C) groups is 2. The van der Waals surface area contributed by atoms with Gasteiger partial charge in [0.2, 0.25) is 0 Å². The molecule has 0 atom stereocenters. The first-order chi connectivity index (χ1) is 28.2. The second kappa shape index (κ2) is 16.2. The standard InChI is InChI=1S/C53H41N3O/c1-56-32-33-57-53(55-51-48(42-28-16-6-17-29-42)36-45(39-22-10-3-11-23-39)37-49(51)43-30-18-7-19-31-43)52(56)54-50-46(40-24-12-4-13-25-40)34-44(38-20-8-2-9-21-38)35-47(50)41-26-14-5-15-27-41/h2-31,34-37H,32-33H2,1H3/b54-52-,55-53-. The van der Waals surface area contributed by atoms with E-state index in [1.165, 1.54) is 0 Å². The van der Waals surface area contributed by atoms with Gasteiger partial charge in [0, 0.05) is 29.3 Å². The average Bonchev–Trinajstić information content (AvgIpc) is 3.29. The van der Waals surface area contributed by atoms with Gasteiger partial charge in [0.05, 0.1) is 17.9 Å². The van der Waals surface area contributed by atoms with Gasteiger partial charge in [-0.2, -0.15) is 0 Å². The minimum absolute atomic E-state index is 0.482. The van der Waals surface area contributed by atoms with Gasteiger partial charge in [-0.1, -0.05) is 182 Å². The lowest BCUT2D eigenvalue weighted by Crippen LogP contribution is -2.42. The van der Waals surface area contributed by atoms with E-state index in [1.54, 1.807) is 0 Å². The predicted octanol–water partition coefficient (Wildman–Crippen LogP) is 13.4. The second-order valence-electron chi connectivity index (χ2n) is 14.2. The highest BCUT2D eigenvalue weighted by atomic mass is 16.5. The number of rotatable bonds is 8. The van der Waals surface area contributed by atoms with E-state index < -0.39 is 0 Å². The molecule has 8 aromatic carbocycles. The van der Waals surface area contributed by atoms with Crippen LogP contribution in [0.15, 0.2) is 216 Å². The molecule has 0 amide bonds. The monoisotopic (exact) mass is 735 g/mol. The fourth-order valence-corrected chi connectivity index (χ4v) is 7.49. The Balaban J connectivity index is 1.31. The van der Waals surface area contributed by atoms with Crippen LogP contribution in [-0.2, 0) is 4.74 Å². The number of hydrogen-bond donors (Lipinski definition) is 0. The maximum Gasteiger partial charge on any atom is 0.258 e. The normalized spacial score (nSPS) is 14.1. The first-order valence-corrected chi connectivity index (χ1v) is 19.4. The summed E-state index contributed by atoms with van der Waals surface area (Å²) in [5.41, 5.74) is 14.6. The lowest BCUT2D eigenvalue weighted by atomic mass is 9.91. The molecular weight excluding hydrogens is 695 g/mol. The average molecular weight is 736 g/mol. The molecule has 0 aromatic heterocycles. The van der Waals surface area contributed by atoms with Gasteiger partial charge in [0.1, 0.15) is 6.61 Å². The maximum atomic E-state index is 6.60. The van der Waals surface area contributed by atoms with E-state index >= 15 is 0 Å². The van der Waals surface area contributed by atoms with Gasteiger partial charge < -0.3 is 9.64 Å². The smallest absolute Gasteiger partial charge is 0.258 e. The molecule has 1 aliphatic heterocycles. The van der Waals surface area contributed by atoms with E-state index in [2.05, 4.69) is 218 Å². The van der Waals surface area contributed by atoms with Crippen LogP contribution in [0.2, 0.25) is 0 Å². The van der Waals surface area contributed by atoms with E-state index in [4.69, 9.17) is 14.7 Å². The Morgan fingerprint density at radius 1 is 0.368 bits per heavy atom. The Labute approximate surface area is 334 Å². The van der Waals surface area contributed by atoms with Gasteiger partial charge >= 0.3 is 0 Å². The first kappa shape index (κ1) is 35.4. The maximum absolute atomic E-state index is 6.60. The van der Waals surface area contributed by atoms with Crippen molar-refractivity contribution in [2.45, 2.75) is 0 Å². The minimum atomic E-state index is 0.482. The first-order valence-electron chi connectivity index (χ1n) is 19.4. The highest BCUT2D eigenvalue weighted by Gasteiger charge is 2.26. The Morgan fingerprint density at radius 2 is 0.667 bits per heavy atom. The number of nitrogens with zero attached hydrogens (tertiary/aromatic N) is 3. The van der Waals surface area contributed by atoms with Crippen molar-refractivity contribution in [2.24, 2.45) is 9.98 Å². The Morgan fingerprint density at radius 3 is 1.00 bits per heavy atom. The fraction of sp³-hybridized carbons (Fsp3) is 0.0566. The van der Waals surface area contributed by atoms with Crippen LogP contribution in [0.1, 0.15) is 0 Å². The van der Waals surface area contributed by atoms with Crippen molar-refractivity contribution < 1.29 is 4.74 Å². The molecule has 8 aromatic rings. The summed E-state index contributed by atoms with van der Waals surface area (Å²) in [6, 6.07) is 72.2. The summed E-state index contributed by atoms with van der Waals surface area (Å²) >= 11 is 0. The Bertz CT molecular complexity index is 2560. The molecule has 9 rings (SSSR count). The number of morpholine rings is 1. The molecule has 1 saturated heterocycles.